The number of amides is 1. The molecule has 0 aromatic rings. The van der Waals surface area contributed by atoms with Gasteiger partial charge in [0.25, 0.3) is 0 Å². The van der Waals surface area contributed by atoms with Gasteiger partial charge in [-0.1, -0.05) is 0 Å². The highest BCUT2D eigenvalue weighted by Gasteiger charge is 2.23. The second-order valence-corrected chi connectivity index (χ2v) is 2.03. The lowest BCUT2D eigenvalue weighted by Crippen LogP contribution is -2.32. The van der Waals surface area contributed by atoms with Crippen LogP contribution >= 0.6 is 0 Å². The van der Waals surface area contributed by atoms with E-state index in [-0.39, 0.29) is 11.8 Å². The first kappa shape index (κ1) is 5.60. The van der Waals surface area contributed by atoms with E-state index in [0.717, 1.165) is 12.8 Å². The van der Waals surface area contributed by atoms with Gasteiger partial charge >= 0.3 is 0 Å². The first-order chi connectivity index (χ1) is 3.84. The summed E-state index contributed by atoms with van der Waals surface area (Å²) in [4.78, 5) is 10.7. The van der Waals surface area contributed by atoms with Crippen LogP contribution in [0.4, 0.5) is 0 Å². The van der Waals surface area contributed by atoms with Crippen LogP contribution in [0.1, 0.15) is 12.8 Å². The maximum absolute atomic E-state index is 10.7. The van der Waals surface area contributed by atoms with Crippen LogP contribution in [0.2, 0.25) is 0 Å². The molecule has 1 rings (SSSR count). The van der Waals surface area contributed by atoms with Crippen LogP contribution < -0.4 is 5.32 Å². The zero-order chi connectivity index (χ0) is 5.98. The number of nitrogens with one attached hydrogen (secondary N) is 1. The van der Waals surface area contributed by atoms with Crippen molar-refractivity contribution >= 4 is 5.91 Å². The summed E-state index contributed by atoms with van der Waals surface area (Å²) in [6.07, 6.45) is 4.19. The van der Waals surface area contributed by atoms with Gasteiger partial charge in [0.05, 0.1) is 0 Å². The van der Waals surface area contributed by atoms with E-state index in [9.17, 15) is 4.79 Å². The quantitative estimate of drug-likeness (QED) is 0.521. The van der Waals surface area contributed by atoms with Crippen molar-refractivity contribution in [2.24, 2.45) is 5.92 Å². The monoisotopic (exact) mass is 112 g/mol. The lowest BCUT2D eigenvalue weighted by Gasteiger charge is -2.22. The van der Waals surface area contributed by atoms with E-state index in [4.69, 9.17) is 0 Å². The summed E-state index contributed by atoms with van der Waals surface area (Å²) in [6, 6.07) is 0. The largest absolute Gasteiger partial charge is 0.359 e. The molecule has 1 fully saturated rings. The molecule has 2 nitrogen and oxygen atoms in total. The minimum Gasteiger partial charge on any atom is -0.359 e. The fraction of sp³-hybridized carbons (Fsp3) is 0.667. The predicted molar refractivity (Wildman–Crippen MR) is 31.1 cm³/mol. The highest BCUT2D eigenvalue weighted by atomic mass is 16.1. The summed E-state index contributed by atoms with van der Waals surface area (Å²) in [7, 11) is 1.68. The molecule has 1 aliphatic rings. The van der Waals surface area contributed by atoms with Gasteiger partial charge < -0.3 is 5.32 Å². The number of hydrogen-bond acceptors (Lipinski definition) is 1. The number of hydrogen-bond donors (Lipinski definition) is 1. The van der Waals surface area contributed by atoms with Crippen LogP contribution in [0.25, 0.3) is 0 Å². The molecule has 1 atom stereocenters. The van der Waals surface area contributed by atoms with E-state index in [2.05, 4.69) is 5.32 Å². The molecule has 0 bridgehead atoms. The zero-order valence-electron chi connectivity index (χ0n) is 4.98. The Bertz CT molecular complexity index is 96.7. The molecule has 1 amide bonds. The summed E-state index contributed by atoms with van der Waals surface area (Å²) in [5.41, 5.74) is 0. The van der Waals surface area contributed by atoms with Crippen LogP contribution in [-0.4, -0.2) is 13.0 Å². The Labute approximate surface area is 49.3 Å². The Morgan fingerprint density at radius 1 is 1.88 bits per heavy atom. The SMILES string of the molecule is CNC(=O)C1[CH]CC1. The van der Waals surface area contributed by atoms with Crippen molar-refractivity contribution in [3.8, 4) is 0 Å². The van der Waals surface area contributed by atoms with Crippen LogP contribution in [-0.2, 0) is 4.79 Å². The van der Waals surface area contributed by atoms with Gasteiger partial charge in [-0.3, -0.25) is 4.79 Å². The Kier molecular flexibility index (Phi) is 1.51. The van der Waals surface area contributed by atoms with E-state index in [1.54, 1.807) is 7.05 Å². The Morgan fingerprint density at radius 2 is 2.50 bits per heavy atom. The summed E-state index contributed by atoms with van der Waals surface area (Å²) in [5.74, 6) is 0.385. The van der Waals surface area contributed by atoms with E-state index in [1.165, 1.54) is 0 Å². The fourth-order valence-electron chi connectivity index (χ4n) is 0.757. The Hall–Kier alpha value is -0.530. The van der Waals surface area contributed by atoms with Crippen molar-refractivity contribution in [2.45, 2.75) is 12.8 Å². The van der Waals surface area contributed by atoms with Gasteiger partial charge in [0.2, 0.25) is 5.91 Å². The van der Waals surface area contributed by atoms with Gasteiger partial charge in [-0.05, 0) is 19.3 Å². The van der Waals surface area contributed by atoms with Gasteiger partial charge in [0.1, 0.15) is 0 Å². The maximum Gasteiger partial charge on any atom is 0.223 e. The highest BCUT2D eigenvalue weighted by molar-refractivity contribution is 5.80. The van der Waals surface area contributed by atoms with Gasteiger partial charge in [0.15, 0.2) is 0 Å². The van der Waals surface area contributed by atoms with Crippen molar-refractivity contribution in [3.05, 3.63) is 6.42 Å². The first-order valence-corrected chi connectivity index (χ1v) is 2.89. The van der Waals surface area contributed by atoms with Crippen molar-refractivity contribution in [3.63, 3.8) is 0 Å². The van der Waals surface area contributed by atoms with Gasteiger partial charge in [-0.15, -0.1) is 0 Å². The van der Waals surface area contributed by atoms with E-state index in [0.29, 0.717) is 0 Å². The Balaban J connectivity index is 2.24. The number of carbonyl (C=O) groups excluding carboxylic acids is 1. The average Bonchev–Trinajstić information content (AvgIpc) is 1.62. The molecule has 0 aliphatic heterocycles. The normalized spacial score (nSPS) is 19.6. The first-order valence-electron chi connectivity index (χ1n) is 2.89. The van der Waals surface area contributed by atoms with Crippen LogP contribution in [0, 0.1) is 12.3 Å². The smallest absolute Gasteiger partial charge is 0.223 e. The molecule has 1 unspecified atom stereocenters. The molecule has 0 aromatic carbocycles. The molecule has 0 saturated heterocycles. The van der Waals surface area contributed by atoms with Crippen LogP contribution in [0.15, 0.2) is 0 Å². The number of rotatable bonds is 1. The molecular weight excluding hydrogens is 102 g/mol. The lowest BCUT2D eigenvalue weighted by molar-refractivity contribution is -0.124. The second-order valence-electron chi connectivity index (χ2n) is 2.03. The molecule has 45 valence electrons. The minimum absolute atomic E-state index is 0.163. The van der Waals surface area contributed by atoms with Crippen LogP contribution in [0.3, 0.4) is 0 Å². The van der Waals surface area contributed by atoms with Gasteiger partial charge in [0, 0.05) is 13.0 Å². The topological polar surface area (TPSA) is 29.1 Å². The molecule has 0 aromatic heterocycles. The molecule has 1 aliphatic carbocycles. The fourth-order valence-corrected chi connectivity index (χ4v) is 0.757. The molecule has 1 saturated carbocycles. The average molecular weight is 112 g/mol. The molecular formula is C6H10NO. The van der Waals surface area contributed by atoms with Crippen molar-refractivity contribution in [1.82, 2.24) is 5.32 Å². The third kappa shape index (κ3) is 0.831. The van der Waals surface area contributed by atoms with E-state index < -0.39 is 0 Å². The molecule has 0 spiro atoms. The summed E-state index contributed by atoms with van der Waals surface area (Å²) < 4.78 is 0. The lowest BCUT2D eigenvalue weighted by atomic mass is 9.85. The zero-order valence-corrected chi connectivity index (χ0v) is 4.98. The van der Waals surface area contributed by atoms with Gasteiger partial charge in [-0.25, -0.2) is 0 Å². The maximum atomic E-state index is 10.7. The minimum atomic E-state index is 0.163. The third-order valence-corrected chi connectivity index (χ3v) is 1.51. The second kappa shape index (κ2) is 2.16. The standard InChI is InChI=1S/C6H10NO/c1-7-6(8)5-3-2-4-5/h3,5H,2,4H2,1H3,(H,7,8). The van der Waals surface area contributed by atoms with Gasteiger partial charge in [-0.2, -0.15) is 0 Å². The molecule has 8 heavy (non-hydrogen) atoms. The summed E-state index contributed by atoms with van der Waals surface area (Å²) in [6.45, 7) is 0. The Morgan fingerprint density at radius 3 is 2.62 bits per heavy atom. The summed E-state index contributed by atoms with van der Waals surface area (Å²) >= 11 is 0. The number of carbonyl (C=O) groups is 1. The molecule has 0 heterocycles. The molecule has 1 radical (unpaired) electrons. The summed E-state index contributed by atoms with van der Waals surface area (Å²) in [5, 5.41) is 2.60. The predicted octanol–water partition coefficient (Wildman–Crippen LogP) is 0.347. The third-order valence-electron chi connectivity index (χ3n) is 1.51. The molecule has 1 N–H and O–H groups in total. The van der Waals surface area contributed by atoms with E-state index in [1.807, 2.05) is 6.42 Å². The van der Waals surface area contributed by atoms with Crippen molar-refractivity contribution < 1.29 is 4.79 Å². The van der Waals surface area contributed by atoms with E-state index >= 15 is 0 Å². The van der Waals surface area contributed by atoms with Crippen molar-refractivity contribution in [1.29, 1.82) is 0 Å². The molecule has 2 heteroatoms. The van der Waals surface area contributed by atoms with Crippen LogP contribution in [0.5, 0.6) is 0 Å². The van der Waals surface area contributed by atoms with Crippen molar-refractivity contribution in [2.75, 3.05) is 7.05 Å². The highest BCUT2D eigenvalue weighted by Crippen LogP contribution is 2.24.